The first-order chi connectivity index (χ1) is 6.88. The zero-order valence-electron chi connectivity index (χ0n) is 8.02. The number of aliphatic hydroxyl groups is 1. The lowest BCUT2D eigenvalue weighted by molar-refractivity contribution is 0.280. The molecule has 1 N–H and O–H groups in total. The summed E-state index contributed by atoms with van der Waals surface area (Å²) >= 11 is 1.77. The van der Waals surface area contributed by atoms with E-state index in [1.807, 2.05) is 0 Å². The molecule has 0 atom stereocenters. The van der Waals surface area contributed by atoms with E-state index in [1.165, 1.54) is 25.7 Å². The van der Waals surface area contributed by atoms with Gasteiger partial charge in [0.15, 0.2) is 5.16 Å². The lowest BCUT2D eigenvalue weighted by Crippen LogP contribution is -1.97. The normalized spacial score (nSPS) is 17.5. The maximum atomic E-state index is 8.83. The van der Waals surface area contributed by atoms with Crippen molar-refractivity contribution in [2.24, 2.45) is 0 Å². The monoisotopic (exact) mass is 210 g/mol. The first kappa shape index (κ1) is 9.93. The molecular weight excluding hydrogens is 196 g/mol. The van der Waals surface area contributed by atoms with E-state index in [9.17, 15) is 0 Å². The van der Waals surface area contributed by atoms with E-state index in [4.69, 9.17) is 5.11 Å². The number of hydrogen-bond acceptors (Lipinski definition) is 4. The Kier molecular flexibility index (Phi) is 3.37. The van der Waals surface area contributed by atoms with Crippen LogP contribution in [0.1, 0.15) is 31.2 Å². The standard InChI is InChI=1S/C10H14N2OS/c13-7-8-5-11-10(12-6-8)14-9-3-1-2-4-9/h5-6,9,13H,1-4,7H2. The first-order valence-electron chi connectivity index (χ1n) is 4.97. The zero-order valence-corrected chi connectivity index (χ0v) is 8.83. The van der Waals surface area contributed by atoms with Gasteiger partial charge in [0.1, 0.15) is 0 Å². The van der Waals surface area contributed by atoms with Crippen molar-refractivity contribution >= 4 is 11.8 Å². The van der Waals surface area contributed by atoms with Gasteiger partial charge in [0.25, 0.3) is 0 Å². The van der Waals surface area contributed by atoms with Crippen LogP contribution in [0.15, 0.2) is 17.6 Å². The Labute approximate surface area is 88.0 Å². The molecular formula is C10H14N2OS. The highest BCUT2D eigenvalue weighted by molar-refractivity contribution is 7.99. The molecule has 1 saturated carbocycles. The molecule has 1 aromatic rings. The van der Waals surface area contributed by atoms with Crippen molar-refractivity contribution < 1.29 is 5.11 Å². The molecule has 3 nitrogen and oxygen atoms in total. The molecule has 0 aliphatic heterocycles. The van der Waals surface area contributed by atoms with Gasteiger partial charge in [0.05, 0.1) is 6.61 Å². The molecule has 2 rings (SSSR count). The number of aromatic nitrogens is 2. The van der Waals surface area contributed by atoms with Gasteiger partial charge in [0.2, 0.25) is 0 Å². The van der Waals surface area contributed by atoms with Gasteiger partial charge >= 0.3 is 0 Å². The molecule has 0 unspecified atom stereocenters. The predicted molar refractivity (Wildman–Crippen MR) is 56.1 cm³/mol. The van der Waals surface area contributed by atoms with Crippen molar-refractivity contribution in [1.29, 1.82) is 0 Å². The summed E-state index contributed by atoms with van der Waals surface area (Å²) in [7, 11) is 0. The average molecular weight is 210 g/mol. The minimum Gasteiger partial charge on any atom is -0.392 e. The number of rotatable bonds is 3. The summed E-state index contributed by atoms with van der Waals surface area (Å²) in [5.74, 6) is 0. The second kappa shape index (κ2) is 4.75. The topological polar surface area (TPSA) is 46.0 Å². The number of hydrogen-bond donors (Lipinski definition) is 1. The van der Waals surface area contributed by atoms with Gasteiger partial charge in [-0.25, -0.2) is 9.97 Å². The van der Waals surface area contributed by atoms with Crippen LogP contribution >= 0.6 is 11.8 Å². The summed E-state index contributed by atoms with van der Waals surface area (Å²) < 4.78 is 0. The fourth-order valence-corrected chi connectivity index (χ4v) is 2.74. The van der Waals surface area contributed by atoms with E-state index in [0.717, 1.165) is 10.7 Å². The SMILES string of the molecule is OCc1cnc(SC2CCCC2)nc1. The van der Waals surface area contributed by atoms with Crippen molar-refractivity contribution in [2.75, 3.05) is 0 Å². The Hall–Kier alpha value is -0.610. The van der Waals surface area contributed by atoms with Crippen molar-refractivity contribution in [3.05, 3.63) is 18.0 Å². The van der Waals surface area contributed by atoms with Crippen LogP contribution in [0.2, 0.25) is 0 Å². The molecule has 0 saturated heterocycles. The average Bonchev–Trinajstić information content (AvgIpc) is 2.72. The zero-order chi connectivity index (χ0) is 9.80. The first-order valence-corrected chi connectivity index (χ1v) is 5.85. The number of nitrogens with zero attached hydrogens (tertiary/aromatic N) is 2. The molecule has 1 aliphatic carbocycles. The van der Waals surface area contributed by atoms with Crippen molar-refractivity contribution in [3.8, 4) is 0 Å². The van der Waals surface area contributed by atoms with Crippen molar-refractivity contribution in [3.63, 3.8) is 0 Å². The Morgan fingerprint density at radius 1 is 1.29 bits per heavy atom. The second-order valence-electron chi connectivity index (χ2n) is 3.56. The molecule has 1 fully saturated rings. The Morgan fingerprint density at radius 2 is 1.93 bits per heavy atom. The molecule has 14 heavy (non-hydrogen) atoms. The summed E-state index contributed by atoms with van der Waals surface area (Å²) in [4.78, 5) is 8.41. The van der Waals surface area contributed by atoms with Crippen LogP contribution in [0, 0.1) is 0 Å². The largest absolute Gasteiger partial charge is 0.392 e. The van der Waals surface area contributed by atoms with Crippen LogP contribution in [0.25, 0.3) is 0 Å². The van der Waals surface area contributed by atoms with Crippen LogP contribution in [0.4, 0.5) is 0 Å². The number of aliphatic hydroxyl groups excluding tert-OH is 1. The van der Waals surface area contributed by atoms with Gasteiger partial charge in [0, 0.05) is 23.2 Å². The Balaban J connectivity index is 1.95. The Bertz CT molecular complexity index is 283. The minimum absolute atomic E-state index is 0.0222. The number of thioether (sulfide) groups is 1. The molecule has 76 valence electrons. The molecule has 0 radical (unpaired) electrons. The maximum absolute atomic E-state index is 8.83. The molecule has 1 aromatic heterocycles. The quantitative estimate of drug-likeness (QED) is 0.775. The van der Waals surface area contributed by atoms with Crippen LogP contribution in [0.3, 0.4) is 0 Å². The van der Waals surface area contributed by atoms with E-state index in [2.05, 4.69) is 9.97 Å². The summed E-state index contributed by atoms with van der Waals surface area (Å²) in [5, 5.41) is 10.4. The third-order valence-corrected chi connectivity index (χ3v) is 3.66. The van der Waals surface area contributed by atoms with Gasteiger partial charge in [-0.2, -0.15) is 0 Å². The van der Waals surface area contributed by atoms with Gasteiger partial charge in [-0.15, -0.1) is 0 Å². The van der Waals surface area contributed by atoms with Crippen molar-refractivity contribution in [2.45, 2.75) is 42.7 Å². The minimum atomic E-state index is 0.0222. The van der Waals surface area contributed by atoms with Crippen LogP contribution in [0.5, 0.6) is 0 Å². The summed E-state index contributed by atoms with van der Waals surface area (Å²) in [5.41, 5.74) is 0.778. The second-order valence-corrected chi connectivity index (χ2v) is 4.82. The highest BCUT2D eigenvalue weighted by Gasteiger charge is 2.17. The van der Waals surface area contributed by atoms with E-state index >= 15 is 0 Å². The van der Waals surface area contributed by atoms with E-state index < -0.39 is 0 Å². The molecule has 0 spiro atoms. The smallest absolute Gasteiger partial charge is 0.187 e. The third-order valence-electron chi connectivity index (χ3n) is 2.44. The Morgan fingerprint density at radius 3 is 2.50 bits per heavy atom. The van der Waals surface area contributed by atoms with E-state index in [1.54, 1.807) is 24.2 Å². The van der Waals surface area contributed by atoms with Gasteiger partial charge in [-0.3, -0.25) is 0 Å². The summed E-state index contributed by atoms with van der Waals surface area (Å²) in [6.07, 6.45) is 8.65. The molecule has 0 aromatic carbocycles. The summed E-state index contributed by atoms with van der Waals surface area (Å²) in [6, 6.07) is 0. The van der Waals surface area contributed by atoms with Crippen LogP contribution < -0.4 is 0 Å². The van der Waals surface area contributed by atoms with E-state index in [-0.39, 0.29) is 6.61 Å². The molecule has 1 heterocycles. The molecule has 0 bridgehead atoms. The van der Waals surface area contributed by atoms with Gasteiger partial charge < -0.3 is 5.11 Å². The molecule has 0 amide bonds. The fourth-order valence-electron chi connectivity index (χ4n) is 1.64. The van der Waals surface area contributed by atoms with Gasteiger partial charge in [-0.1, -0.05) is 24.6 Å². The lowest BCUT2D eigenvalue weighted by Gasteiger charge is -2.06. The van der Waals surface area contributed by atoms with E-state index in [0.29, 0.717) is 5.25 Å². The maximum Gasteiger partial charge on any atom is 0.187 e. The highest BCUT2D eigenvalue weighted by atomic mass is 32.2. The highest BCUT2D eigenvalue weighted by Crippen LogP contribution is 2.32. The summed E-state index contributed by atoms with van der Waals surface area (Å²) in [6.45, 7) is 0.0222. The van der Waals surface area contributed by atoms with Gasteiger partial charge in [-0.05, 0) is 12.8 Å². The van der Waals surface area contributed by atoms with Crippen LogP contribution in [-0.2, 0) is 6.61 Å². The third kappa shape index (κ3) is 2.45. The predicted octanol–water partition coefficient (Wildman–Crippen LogP) is 2.00. The fraction of sp³-hybridized carbons (Fsp3) is 0.600. The molecule has 1 aliphatic rings. The van der Waals surface area contributed by atoms with Crippen molar-refractivity contribution in [1.82, 2.24) is 9.97 Å². The lowest BCUT2D eigenvalue weighted by atomic mass is 10.4. The molecule has 4 heteroatoms. The van der Waals surface area contributed by atoms with Crippen LogP contribution in [-0.4, -0.2) is 20.3 Å².